The number of hydrogen-bond acceptors (Lipinski definition) is 8. The molecule has 1 aromatic rings. The summed E-state index contributed by atoms with van der Waals surface area (Å²) in [5.41, 5.74) is 7.12. The summed E-state index contributed by atoms with van der Waals surface area (Å²) in [7, 11) is -8.06. The van der Waals surface area contributed by atoms with Crippen LogP contribution >= 0.6 is 0 Å². The number of nitrogens with two attached hydrogens (primary N) is 1. The average Bonchev–Trinajstić information content (AvgIpc) is 3.33. The van der Waals surface area contributed by atoms with Gasteiger partial charge >= 0.3 is 0 Å². The van der Waals surface area contributed by atoms with Crippen LogP contribution < -0.4 is 16.4 Å². The molecule has 1 heterocycles. The van der Waals surface area contributed by atoms with Gasteiger partial charge in [-0.1, -0.05) is 0 Å². The third-order valence-electron chi connectivity index (χ3n) is 3.85. The average molecular weight is 437 g/mol. The van der Waals surface area contributed by atoms with Gasteiger partial charge in [-0.2, -0.15) is 16.8 Å². The molecule has 11 nitrogen and oxygen atoms in total. The molecule has 0 bridgehead atoms. The van der Waals surface area contributed by atoms with Gasteiger partial charge in [-0.3, -0.25) is 19.2 Å². The molecule has 1 fully saturated rings. The van der Waals surface area contributed by atoms with Crippen LogP contribution in [0.1, 0.15) is 34.9 Å². The van der Waals surface area contributed by atoms with E-state index in [4.69, 9.17) is 19.6 Å². The number of rotatable bonds is 11. The Morgan fingerprint density at radius 1 is 1.04 bits per heavy atom. The Bertz CT molecular complexity index is 917. The molecule has 2 unspecified atom stereocenters. The van der Waals surface area contributed by atoms with Crippen LogP contribution in [0.15, 0.2) is 18.2 Å². The van der Waals surface area contributed by atoms with Crippen molar-refractivity contribution in [2.75, 3.05) is 30.3 Å². The number of nitrogens with one attached hydrogen (secondary N) is 2. The number of anilines is 1. The third kappa shape index (κ3) is 8.08. The zero-order valence-corrected chi connectivity index (χ0v) is 16.5. The van der Waals surface area contributed by atoms with E-state index in [1.807, 2.05) is 0 Å². The first-order chi connectivity index (χ1) is 12.9. The first kappa shape index (κ1) is 22.5. The van der Waals surface area contributed by atoms with E-state index >= 15 is 0 Å². The van der Waals surface area contributed by atoms with Gasteiger partial charge in [0.1, 0.15) is 12.3 Å². The van der Waals surface area contributed by atoms with E-state index in [1.54, 1.807) is 12.1 Å². The van der Waals surface area contributed by atoms with Gasteiger partial charge in [0, 0.05) is 17.8 Å². The lowest BCUT2D eigenvalue weighted by Crippen LogP contribution is -2.26. The predicted octanol–water partition coefficient (Wildman–Crippen LogP) is -0.459. The Morgan fingerprint density at radius 3 is 2.25 bits per heavy atom. The summed E-state index contributed by atoms with van der Waals surface area (Å²) >= 11 is 0. The van der Waals surface area contributed by atoms with Gasteiger partial charge in [0.25, 0.3) is 26.1 Å². The maximum absolute atomic E-state index is 12.2. The Morgan fingerprint density at radius 2 is 1.64 bits per heavy atom. The van der Waals surface area contributed by atoms with E-state index < -0.39 is 31.9 Å². The zero-order valence-electron chi connectivity index (χ0n) is 14.9. The van der Waals surface area contributed by atoms with Gasteiger partial charge in [-0.05, 0) is 43.1 Å². The first-order valence-electron chi connectivity index (χ1n) is 8.42. The summed E-state index contributed by atoms with van der Waals surface area (Å²) < 4.78 is 65.4. The van der Waals surface area contributed by atoms with E-state index in [0.717, 1.165) is 0 Å². The van der Waals surface area contributed by atoms with Crippen LogP contribution in [0.3, 0.4) is 0 Å². The van der Waals surface area contributed by atoms with E-state index in [2.05, 4.69) is 10.6 Å². The summed E-state index contributed by atoms with van der Waals surface area (Å²) in [6.45, 7) is 0.394. The Labute approximate surface area is 163 Å². The minimum atomic E-state index is -4.07. The molecule has 2 rings (SSSR count). The summed E-state index contributed by atoms with van der Waals surface area (Å²) in [4.78, 5) is 12.2. The minimum Gasteiger partial charge on any atom is -0.399 e. The predicted molar refractivity (Wildman–Crippen MR) is 101 cm³/mol. The molecule has 1 aliphatic heterocycles. The smallest absolute Gasteiger partial charge is 0.264 e. The molecule has 1 aliphatic rings. The van der Waals surface area contributed by atoms with Crippen LogP contribution in [-0.2, 0) is 25.0 Å². The number of benzene rings is 1. The Hall–Kier alpha value is -1.77. The van der Waals surface area contributed by atoms with Crippen LogP contribution in [0.2, 0.25) is 0 Å². The number of carbonyl (C=O) groups is 1. The van der Waals surface area contributed by atoms with Crippen LogP contribution in [0.4, 0.5) is 5.69 Å². The van der Waals surface area contributed by atoms with Crippen LogP contribution in [0.25, 0.3) is 0 Å². The van der Waals surface area contributed by atoms with E-state index in [-0.39, 0.29) is 43.0 Å². The van der Waals surface area contributed by atoms with Crippen molar-refractivity contribution < 1.29 is 35.5 Å². The van der Waals surface area contributed by atoms with Crippen molar-refractivity contribution in [3.8, 4) is 0 Å². The van der Waals surface area contributed by atoms with Crippen molar-refractivity contribution in [1.29, 1.82) is 0 Å². The molecular weight excluding hydrogens is 414 g/mol. The lowest BCUT2D eigenvalue weighted by molar-refractivity contribution is 0.0953. The summed E-state index contributed by atoms with van der Waals surface area (Å²) in [5.74, 6) is -1.24. The number of nitrogen functional groups attached to an aromatic ring is 1. The zero-order chi connectivity index (χ0) is 20.9. The first-order valence-corrected chi connectivity index (χ1v) is 11.6. The van der Waals surface area contributed by atoms with Crippen LogP contribution in [0, 0.1) is 0 Å². The van der Waals surface area contributed by atoms with Crippen molar-refractivity contribution in [2.45, 2.75) is 25.2 Å². The molecule has 0 saturated carbocycles. The molecule has 0 radical (unpaired) electrons. The van der Waals surface area contributed by atoms with Crippen molar-refractivity contribution in [2.24, 2.45) is 0 Å². The number of epoxide rings is 1. The monoisotopic (exact) mass is 437 g/mol. The van der Waals surface area contributed by atoms with Gasteiger partial charge in [-0.25, -0.2) is 0 Å². The largest absolute Gasteiger partial charge is 0.399 e. The second-order valence-electron chi connectivity index (χ2n) is 6.35. The van der Waals surface area contributed by atoms with Crippen molar-refractivity contribution >= 4 is 31.8 Å². The highest BCUT2D eigenvalue weighted by Gasteiger charge is 2.40. The van der Waals surface area contributed by atoms with Gasteiger partial charge in [0.2, 0.25) is 0 Å². The fourth-order valence-corrected chi connectivity index (χ4v) is 3.57. The normalized spacial score (nSPS) is 19.4. The Balaban J connectivity index is 1.85. The lowest BCUT2D eigenvalue weighted by Gasteiger charge is -2.08. The molecule has 2 atom stereocenters. The molecule has 6 N–H and O–H groups in total. The van der Waals surface area contributed by atoms with Crippen molar-refractivity contribution in [1.82, 2.24) is 10.6 Å². The standard InChI is InChI=1S/C15H23N3O8S2/c16-12-8-10(13-15(26-13)18-4-2-6-28(23,24)25)7-11(9-12)14(19)17-3-1-5-27(20,21)22/h7-9,13,15,18H,1-6,16H2,(H,17,19)(H,20,21,22)(H,23,24,25). The SMILES string of the molecule is Nc1cc(C(=O)NCCCS(=O)(=O)O)cc(C2OC2NCCCS(=O)(=O)O)c1. The summed E-state index contributed by atoms with van der Waals surface area (Å²) in [6, 6.07) is 4.72. The second-order valence-corrected chi connectivity index (χ2v) is 9.50. The van der Waals surface area contributed by atoms with Gasteiger partial charge < -0.3 is 15.8 Å². The quantitative estimate of drug-likeness (QED) is 0.131. The van der Waals surface area contributed by atoms with E-state index in [9.17, 15) is 21.6 Å². The van der Waals surface area contributed by atoms with Gasteiger partial charge in [-0.15, -0.1) is 0 Å². The Kier molecular flexibility index (Phi) is 7.36. The molecule has 0 aromatic heterocycles. The van der Waals surface area contributed by atoms with Crippen molar-refractivity contribution in [3.63, 3.8) is 0 Å². The molecule has 13 heteroatoms. The van der Waals surface area contributed by atoms with E-state index in [0.29, 0.717) is 17.8 Å². The number of hydrogen-bond donors (Lipinski definition) is 5. The number of amides is 1. The van der Waals surface area contributed by atoms with Crippen LogP contribution in [0.5, 0.6) is 0 Å². The summed E-state index contributed by atoms with van der Waals surface area (Å²) in [6.07, 6.45) is -0.408. The highest BCUT2D eigenvalue weighted by molar-refractivity contribution is 7.86. The minimum absolute atomic E-state index is 0.0701. The molecule has 1 amide bonds. The third-order valence-corrected chi connectivity index (χ3v) is 5.46. The van der Waals surface area contributed by atoms with Crippen molar-refractivity contribution in [3.05, 3.63) is 29.3 Å². The van der Waals surface area contributed by atoms with E-state index in [1.165, 1.54) is 6.07 Å². The number of ether oxygens (including phenoxy) is 1. The van der Waals surface area contributed by atoms with Gasteiger partial charge in [0.05, 0.1) is 11.5 Å². The molecule has 0 aliphatic carbocycles. The topological polar surface area (TPSA) is 188 Å². The fraction of sp³-hybridized carbons (Fsp3) is 0.533. The molecule has 1 saturated heterocycles. The molecule has 158 valence electrons. The summed E-state index contributed by atoms with van der Waals surface area (Å²) in [5, 5.41) is 5.53. The molecular formula is C15H23N3O8S2. The highest BCUT2D eigenvalue weighted by atomic mass is 32.2. The number of carbonyl (C=O) groups excluding carboxylic acids is 1. The molecule has 0 spiro atoms. The maximum Gasteiger partial charge on any atom is 0.264 e. The van der Waals surface area contributed by atoms with Gasteiger partial charge in [0.15, 0.2) is 0 Å². The molecule has 28 heavy (non-hydrogen) atoms. The lowest BCUT2D eigenvalue weighted by atomic mass is 10.1. The molecule has 1 aromatic carbocycles. The van der Waals surface area contributed by atoms with Crippen LogP contribution in [-0.4, -0.2) is 62.7 Å². The maximum atomic E-state index is 12.2. The highest BCUT2D eigenvalue weighted by Crippen LogP contribution is 2.38. The fourth-order valence-electron chi connectivity index (χ4n) is 2.55. The second kappa shape index (κ2) is 9.15.